The molecule has 2 rings (SSSR count). The van der Waals surface area contributed by atoms with Gasteiger partial charge in [-0.3, -0.25) is 0 Å². The van der Waals surface area contributed by atoms with Crippen LogP contribution < -0.4 is 0 Å². The van der Waals surface area contributed by atoms with Crippen LogP contribution in [0.1, 0.15) is 40.5 Å². The molecule has 2 heteroatoms. The summed E-state index contributed by atoms with van der Waals surface area (Å²) in [6.45, 7) is 9.40. The molecule has 1 spiro atoms. The normalized spacial score (nSPS) is 29.4. The van der Waals surface area contributed by atoms with E-state index in [2.05, 4.69) is 27.7 Å². The molecule has 2 fully saturated rings. The van der Waals surface area contributed by atoms with E-state index in [0.717, 1.165) is 23.3 Å². The summed E-state index contributed by atoms with van der Waals surface area (Å²) in [7, 11) is 0. The third kappa shape index (κ3) is 1.34. The lowest BCUT2D eigenvalue weighted by Gasteiger charge is -2.63. The molecule has 14 heavy (non-hydrogen) atoms. The van der Waals surface area contributed by atoms with Gasteiger partial charge in [0.2, 0.25) is 0 Å². The Bertz CT molecular complexity index is 210. The van der Waals surface area contributed by atoms with E-state index in [-0.39, 0.29) is 0 Å². The van der Waals surface area contributed by atoms with Gasteiger partial charge in [0.15, 0.2) is 0 Å². The van der Waals surface area contributed by atoms with Crippen molar-refractivity contribution in [2.24, 2.45) is 22.7 Å². The van der Waals surface area contributed by atoms with Gasteiger partial charge in [-0.15, -0.1) is 0 Å². The highest BCUT2D eigenvalue weighted by atomic mass is 32.2. The van der Waals surface area contributed by atoms with Gasteiger partial charge in [-0.05, 0) is 30.1 Å². The molecule has 1 aliphatic carbocycles. The van der Waals surface area contributed by atoms with Crippen LogP contribution in [0.25, 0.3) is 0 Å². The van der Waals surface area contributed by atoms with Crippen molar-refractivity contribution in [2.75, 3.05) is 11.5 Å². The molecule has 0 aromatic heterocycles. The Kier molecular flexibility index (Phi) is 2.43. The molecule has 2 aliphatic rings. The number of rotatable bonds is 2. The molecule has 1 saturated heterocycles. The predicted octanol–water partition coefficient (Wildman–Crippen LogP) is 2.83. The predicted molar refractivity (Wildman–Crippen MR) is 61.7 cm³/mol. The molecular weight excluding hydrogens is 192 g/mol. The zero-order chi connectivity index (χ0) is 10.6. The van der Waals surface area contributed by atoms with E-state index >= 15 is 0 Å². The lowest BCUT2D eigenvalue weighted by Crippen LogP contribution is -2.63. The maximum absolute atomic E-state index is 11.2. The highest BCUT2D eigenvalue weighted by molar-refractivity contribution is 7.92. The Hall–Kier alpha value is 0.310. The Morgan fingerprint density at radius 3 is 1.71 bits per heavy atom. The van der Waals surface area contributed by atoms with Crippen molar-refractivity contribution in [1.29, 1.82) is 0 Å². The minimum absolute atomic E-state index is 0.470. The second-order valence-electron chi connectivity index (χ2n) is 6.12. The van der Waals surface area contributed by atoms with Gasteiger partial charge in [0.25, 0.3) is 0 Å². The maximum Gasteiger partial charge on any atom is 0.115 e. The first-order chi connectivity index (χ1) is 6.40. The first-order valence-electron chi connectivity index (χ1n) is 5.75. The summed E-state index contributed by atoms with van der Waals surface area (Å²) in [5.41, 5.74) is 1.07. The monoisotopic (exact) mass is 214 g/mol. The third-order valence-electron chi connectivity index (χ3n) is 4.64. The lowest BCUT2D eigenvalue weighted by molar-refractivity contribution is -0.0910. The lowest BCUT2D eigenvalue weighted by atomic mass is 9.46. The molecule has 0 radical (unpaired) electrons. The van der Waals surface area contributed by atoms with Crippen molar-refractivity contribution >= 4 is 11.2 Å². The van der Waals surface area contributed by atoms with Gasteiger partial charge in [-0.1, -0.05) is 38.9 Å². The molecule has 0 atom stereocenters. The van der Waals surface area contributed by atoms with Crippen LogP contribution in [0.5, 0.6) is 0 Å². The summed E-state index contributed by atoms with van der Waals surface area (Å²) in [5.74, 6) is 3.55. The maximum atomic E-state index is 11.2. The first kappa shape index (κ1) is 10.8. The van der Waals surface area contributed by atoms with Crippen LogP contribution in [0.3, 0.4) is 0 Å². The number of hydrogen-bond acceptors (Lipinski definition) is 1. The molecule has 0 bridgehead atoms. The first-order valence-corrected chi connectivity index (χ1v) is 7.24. The molecule has 0 amide bonds. The van der Waals surface area contributed by atoms with Crippen molar-refractivity contribution in [3.8, 4) is 0 Å². The van der Waals surface area contributed by atoms with Gasteiger partial charge in [0, 0.05) is 0 Å². The SMILES string of the molecule is CC(C)C1(C(C)C)CC2(C[S+]([O-])C2)C1. The topological polar surface area (TPSA) is 23.1 Å². The van der Waals surface area contributed by atoms with E-state index in [0.29, 0.717) is 10.8 Å². The summed E-state index contributed by atoms with van der Waals surface area (Å²) in [5, 5.41) is 0. The van der Waals surface area contributed by atoms with E-state index in [1.165, 1.54) is 12.8 Å². The minimum Gasteiger partial charge on any atom is -0.616 e. The quantitative estimate of drug-likeness (QED) is 0.648. The molecule has 1 heterocycles. The third-order valence-corrected chi connectivity index (χ3v) is 6.51. The smallest absolute Gasteiger partial charge is 0.115 e. The standard InChI is InChI=1S/C12H22OS/c1-9(2)12(10(3)4)5-11(6-12)7-14(13)8-11/h9-10H,5-8H2,1-4H3. The molecule has 0 unspecified atom stereocenters. The van der Waals surface area contributed by atoms with E-state index in [9.17, 15) is 4.55 Å². The summed E-state index contributed by atoms with van der Waals surface area (Å²) >= 11 is -0.470. The van der Waals surface area contributed by atoms with E-state index < -0.39 is 11.2 Å². The van der Waals surface area contributed by atoms with Gasteiger partial charge in [0.1, 0.15) is 11.5 Å². The van der Waals surface area contributed by atoms with Crippen LogP contribution >= 0.6 is 0 Å². The zero-order valence-electron chi connectivity index (χ0n) is 9.80. The molecule has 0 aromatic carbocycles. The van der Waals surface area contributed by atoms with Crippen molar-refractivity contribution in [2.45, 2.75) is 40.5 Å². The average molecular weight is 214 g/mol. The molecular formula is C12H22OS. The Morgan fingerprint density at radius 2 is 1.43 bits per heavy atom. The van der Waals surface area contributed by atoms with Crippen LogP contribution in [0.2, 0.25) is 0 Å². The van der Waals surface area contributed by atoms with Crippen LogP contribution in [-0.2, 0) is 11.2 Å². The minimum atomic E-state index is -0.470. The zero-order valence-corrected chi connectivity index (χ0v) is 10.6. The highest BCUT2D eigenvalue weighted by Crippen LogP contribution is 2.65. The Morgan fingerprint density at radius 1 is 1.00 bits per heavy atom. The fourth-order valence-electron chi connectivity index (χ4n) is 3.67. The van der Waals surface area contributed by atoms with E-state index in [1.54, 1.807) is 0 Å². The summed E-state index contributed by atoms with van der Waals surface area (Å²) < 4.78 is 11.2. The van der Waals surface area contributed by atoms with Gasteiger partial charge >= 0.3 is 0 Å². The highest BCUT2D eigenvalue weighted by Gasteiger charge is 2.64. The summed E-state index contributed by atoms with van der Waals surface area (Å²) in [6, 6.07) is 0. The van der Waals surface area contributed by atoms with Crippen molar-refractivity contribution in [3.05, 3.63) is 0 Å². The summed E-state index contributed by atoms with van der Waals surface area (Å²) in [6.07, 6.45) is 2.67. The van der Waals surface area contributed by atoms with Crippen LogP contribution in [-0.4, -0.2) is 16.1 Å². The van der Waals surface area contributed by atoms with Crippen molar-refractivity contribution < 1.29 is 4.55 Å². The molecule has 1 nitrogen and oxygen atoms in total. The van der Waals surface area contributed by atoms with Crippen LogP contribution in [0, 0.1) is 22.7 Å². The Labute approximate surface area is 90.8 Å². The number of hydrogen-bond donors (Lipinski definition) is 0. The van der Waals surface area contributed by atoms with Gasteiger partial charge in [-0.2, -0.15) is 0 Å². The average Bonchev–Trinajstić information content (AvgIpc) is 1.91. The van der Waals surface area contributed by atoms with Gasteiger partial charge in [-0.25, -0.2) is 0 Å². The van der Waals surface area contributed by atoms with Gasteiger partial charge < -0.3 is 4.55 Å². The largest absolute Gasteiger partial charge is 0.616 e. The fraction of sp³-hybridized carbons (Fsp3) is 1.00. The molecule has 1 aliphatic heterocycles. The van der Waals surface area contributed by atoms with E-state index in [1.807, 2.05) is 0 Å². The van der Waals surface area contributed by atoms with Crippen molar-refractivity contribution in [1.82, 2.24) is 0 Å². The van der Waals surface area contributed by atoms with Crippen LogP contribution in [0.15, 0.2) is 0 Å². The Balaban J connectivity index is 2.01. The molecule has 82 valence electrons. The fourth-order valence-corrected chi connectivity index (χ4v) is 5.36. The molecule has 0 N–H and O–H groups in total. The van der Waals surface area contributed by atoms with Gasteiger partial charge in [0.05, 0.1) is 5.41 Å². The molecule has 1 saturated carbocycles. The molecule has 0 aromatic rings. The second kappa shape index (κ2) is 3.15. The summed E-state index contributed by atoms with van der Waals surface area (Å²) in [4.78, 5) is 0. The van der Waals surface area contributed by atoms with Crippen molar-refractivity contribution in [3.63, 3.8) is 0 Å². The second-order valence-corrected chi connectivity index (χ2v) is 7.58. The van der Waals surface area contributed by atoms with E-state index in [4.69, 9.17) is 0 Å². The van der Waals surface area contributed by atoms with Crippen LogP contribution in [0.4, 0.5) is 0 Å².